The van der Waals surface area contributed by atoms with Gasteiger partial charge in [0.15, 0.2) is 5.96 Å². The number of unbranched alkanes of at least 4 members (excludes halogenated alkanes) is 3. The topological polar surface area (TPSA) is 60.0 Å². The van der Waals surface area contributed by atoms with Crippen molar-refractivity contribution >= 4 is 41.5 Å². The third-order valence-corrected chi connectivity index (χ3v) is 4.71. The number of amides is 1. The highest BCUT2D eigenvalue weighted by molar-refractivity contribution is 14.0. The number of piperazine rings is 1. The van der Waals surface area contributed by atoms with E-state index in [2.05, 4.69) is 51.7 Å². The molecule has 6 nitrogen and oxygen atoms in total. The van der Waals surface area contributed by atoms with Crippen LogP contribution in [0.15, 0.2) is 35.3 Å². The van der Waals surface area contributed by atoms with Gasteiger partial charge >= 0.3 is 0 Å². The zero-order valence-electron chi connectivity index (χ0n) is 16.6. The highest BCUT2D eigenvalue weighted by Gasteiger charge is 2.21. The summed E-state index contributed by atoms with van der Waals surface area (Å²) >= 11 is 0. The molecule has 1 saturated heterocycles. The second-order valence-corrected chi connectivity index (χ2v) is 6.62. The lowest BCUT2D eigenvalue weighted by Gasteiger charge is -2.36. The maximum atomic E-state index is 12.4. The Kier molecular flexibility index (Phi) is 11.9. The second kappa shape index (κ2) is 13.6. The second-order valence-electron chi connectivity index (χ2n) is 6.62. The molecule has 0 spiro atoms. The zero-order chi connectivity index (χ0) is 18.6. The minimum Gasteiger partial charge on any atom is -0.368 e. The first kappa shape index (κ1) is 23.5. The van der Waals surface area contributed by atoms with Crippen LogP contribution in [0, 0.1) is 0 Å². The summed E-state index contributed by atoms with van der Waals surface area (Å²) in [6.45, 7) is 6.67. The number of halogens is 1. The van der Waals surface area contributed by atoms with Crippen LogP contribution >= 0.6 is 24.0 Å². The minimum atomic E-state index is 0. The van der Waals surface area contributed by atoms with Crippen molar-refractivity contribution in [3.63, 3.8) is 0 Å². The molecule has 1 aliphatic rings. The molecule has 1 fully saturated rings. The van der Waals surface area contributed by atoms with E-state index < -0.39 is 0 Å². The van der Waals surface area contributed by atoms with Crippen molar-refractivity contribution in [2.75, 3.05) is 51.2 Å². The number of nitrogens with one attached hydrogen (secondary N) is 2. The quantitative estimate of drug-likeness (QED) is 0.256. The van der Waals surface area contributed by atoms with Gasteiger partial charge in [0.2, 0.25) is 5.91 Å². The van der Waals surface area contributed by atoms with Gasteiger partial charge in [-0.2, -0.15) is 0 Å². The Morgan fingerprint density at radius 2 is 1.74 bits per heavy atom. The highest BCUT2D eigenvalue weighted by atomic mass is 127. The molecule has 0 bridgehead atoms. The van der Waals surface area contributed by atoms with E-state index >= 15 is 0 Å². The molecule has 1 aliphatic heterocycles. The lowest BCUT2D eigenvalue weighted by molar-refractivity contribution is -0.130. The summed E-state index contributed by atoms with van der Waals surface area (Å²) < 4.78 is 0. The molecule has 152 valence electrons. The monoisotopic (exact) mass is 487 g/mol. The maximum absolute atomic E-state index is 12.4. The van der Waals surface area contributed by atoms with Crippen LogP contribution in [-0.4, -0.2) is 63.1 Å². The fourth-order valence-electron chi connectivity index (χ4n) is 3.10. The van der Waals surface area contributed by atoms with Crippen LogP contribution in [0.2, 0.25) is 0 Å². The van der Waals surface area contributed by atoms with E-state index in [1.807, 2.05) is 11.0 Å². The van der Waals surface area contributed by atoms with Crippen LogP contribution in [0.3, 0.4) is 0 Å². The SMILES string of the molecule is CCCCCCNC(=NC)NCC(=O)N1CCN(c2ccccc2)CC1.I. The normalized spacial score (nSPS) is 14.5. The molecule has 0 saturated carbocycles. The third-order valence-electron chi connectivity index (χ3n) is 4.71. The van der Waals surface area contributed by atoms with E-state index in [0.29, 0.717) is 12.5 Å². The van der Waals surface area contributed by atoms with E-state index in [1.54, 1.807) is 7.05 Å². The Morgan fingerprint density at radius 3 is 2.37 bits per heavy atom. The maximum Gasteiger partial charge on any atom is 0.242 e. The molecule has 27 heavy (non-hydrogen) atoms. The van der Waals surface area contributed by atoms with Gasteiger partial charge in [-0.05, 0) is 18.6 Å². The average molecular weight is 487 g/mol. The van der Waals surface area contributed by atoms with Crippen molar-refractivity contribution in [1.29, 1.82) is 0 Å². The third kappa shape index (κ3) is 8.36. The number of carbonyl (C=O) groups is 1. The lowest BCUT2D eigenvalue weighted by atomic mass is 10.2. The van der Waals surface area contributed by atoms with Gasteiger partial charge in [0.1, 0.15) is 0 Å². The first-order valence-electron chi connectivity index (χ1n) is 9.77. The van der Waals surface area contributed by atoms with E-state index in [-0.39, 0.29) is 29.9 Å². The van der Waals surface area contributed by atoms with Gasteiger partial charge in [-0.1, -0.05) is 44.4 Å². The molecule has 2 rings (SSSR count). The molecular formula is C20H34IN5O. The van der Waals surface area contributed by atoms with Crippen LogP contribution in [0.4, 0.5) is 5.69 Å². The summed E-state index contributed by atoms with van der Waals surface area (Å²) in [5.41, 5.74) is 1.23. The minimum absolute atomic E-state index is 0. The van der Waals surface area contributed by atoms with E-state index in [9.17, 15) is 4.79 Å². The molecular weight excluding hydrogens is 453 g/mol. The molecule has 7 heteroatoms. The zero-order valence-corrected chi connectivity index (χ0v) is 18.9. The van der Waals surface area contributed by atoms with Crippen molar-refractivity contribution in [1.82, 2.24) is 15.5 Å². The molecule has 1 amide bonds. The molecule has 0 atom stereocenters. The molecule has 0 radical (unpaired) electrons. The summed E-state index contributed by atoms with van der Waals surface area (Å²) in [7, 11) is 1.74. The number of hydrogen-bond acceptors (Lipinski definition) is 3. The highest BCUT2D eigenvalue weighted by Crippen LogP contribution is 2.15. The van der Waals surface area contributed by atoms with Crippen molar-refractivity contribution in [3.8, 4) is 0 Å². The van der Waals surface area contributed by atoms with Gasteiger partial charge in [-0.3, -0.25) is 9.79 Å². The van der Waals surface area contributed by atoms with Gasteiger partial charge in [0.25, 0.3) is 0 Å². The van der Waals surface area contributed by atoms with Crippen molar-refractivity contribution in [3.05, 3.63) is 30.3 Å². The molecule has 0 aromatic heterocycles. The molecule has 0 unspecified atom stereocenters. The first-order chi connectivity index (χ1) is 12.7. The number of guanidine groups is 1. The summed E-state index contributed by atoms with van der Waals surface area (Å²) in [5.74, 6) is 0.837. The van der Waals surface area contributed by atoms with Gasteiger partial charge < -0.3 is 20.4 Å². The van der Waals surface area contributed by atoms with Gasteiger partial charge in [0, 0.05) is 45.5 Å². The van der Waals surface area contributed by atoms with Gasteiger partial charge in [0.05, 0.1) is 6.54 Å². The summed E-state index contributed by atoms with van der Waals surface area (Å²) in [5, 5.41) is 6.41. The van der Waals surface area contributed by atoms with Crippen LogP contribution in [0.1, 0.15) is 32.6 Å². The predicted molar refractivity (Wildman–Crippen MR) is 124 cm³/mol. The van der Waals surface area contributed by atoms with E-state index in [1.165, 1.54) is 24.9 Å². The fraction of sp³-hybridized carbons (Fsp3) is 0.600. The lowest BCUT2D eigenvalue weighted by Crippen LogP contribution is -2.52. The summed E-state index contributed by atoms with van der Waals surface area (Å²) in [6.07, 6.45) is 4.86. The number of benzene rings is 1. The largest absolute Gasteiger partial charge is 0.368 e. The molecule has 1 aromatic carbocycles. The number of nitrogens with zero attached hydrogens (tertiary/aromatic N) is 3. The van der Waals surface area contributed by atoms with E-state index in [0.717, 1.165) is 39.1 Å². The van der Waals surface area contributed by atoms with Crippen molar-refractivity contribution in [2.24, 2.45) is 4.99 Å². The van der Waals surface area contributed by atoms with Crippen LogP contribution in [0.5, 0.6) is 0 Å². The average Bonchev–Trinajstić information content (AvgIpc) is 2.70. The Morgan fingerprint density at radius 1 is 1.04 bits per heavy atom. The predicted octanol–water partition coefficient (Wildman–Crippen LogP) is 2.70. The first-order valence-corrected chi connectivity index (χ1v) is 9.77. The molecule has 0 aliphatic carbocycles. The Balaban J connectivity index is 0.00000364. The number of anilines is 1. The smallest absolute Gasteiger partial charge is 0.242 e. The van der Waals surface area contributed by atoms with Crippen molar-refractivity contribution < 1.29 is 4.79 Å². The number of hydrogen-bond donors (Lipinski definition) is 2. The number of para-hydroxylation sites is 1. The Labute approximate surface area is 180 Å². The summed E-state index contributed by atoms with van der Waals surface area (Å²) in [6, 6.07) is 10.4. The van der Waals surface area contributed by atoms with E-state index in [4.69, 9.17) is 0 Å². The van der Waals surface area contributed by atoms with Crippen molar-refractivity contribution in [2.45, 2.75) is 32.6 Å². The molecule has 1 heterocycles. The summed E-state index contributed by atoms with van der Waals surface area (Å²) in [4.78, 5) is 20.9. The Hall–Kier alpha value is -1.51. The van der Waals surface area contributed by atoms with Crippen LogP contribution < -0.4 is 15.5 Å². The number of aliphatic imine (C=N–C) groups is 1. The van der Waals surface area contributed by atoms with Gasteiger partial charge in [-0.25, -0.2) is 0 Å². The number of carbonyl (C=O) groups excluding carboxylic acids is 1. The number of rotatable bonds is 8. The Bertz CT molecular complexity index is 559. The fourth-order valence-corrected chi connectivity index (χ4v) is 3.10. The standard InChI is InChI=1S/C20H33N5O.HI/c1-3-4-5-9-12-22-20(21-2)23-17-19(26)25-15-13-24(14-16-25)18-10-7-6-8-11-18;/h6-8,10-11H,3-5,9,12-17H2,1-2H3,(H2,21,22,23);1H. The molecule has 1 aromatic rings. The van der Waals surface area contributed by atoms with Crippen LogP contribution in [-0.2, 0) is 4.79 Å². The van der Waals surface area contributed by atoms with Gasteiger partial charge in [-0.15, -0.1) is 24.0 Å². The molecule has 2 N–H and O–H groups in total. The van der Waals surface area contributed by atoms with Crippen LogP contribution in [0.25, 0.3) is 0 Å².